The molecule has 1 atom stereocenters. The van der Waals surface area contributed by atoms with Crippen LogP contribution in [0.1, 0.15) is 32.6 Å². The summed E-state index contributed by atoms with van der Waals surface area (Å²) in [6.07, 6.45) is 4.23. The third-order valence-corrected chi connectivity index (χ3v) is 4.06. The molecule has 0 aromatic heterocycles. The van der Waals surface area contributed by atoms with Gasteiger partial charge < -0.3 is 4.90 Å². The first-order valence-electron chi connectivity index (χ1n) is 5.19. The Bertz CT molecular complexity index is 257. The Labute approximate surface area is 86.0 Å². The van der Waals surface area contributed by atoms with Crippen molar-refractivity contribution < 1.29 is 13.0 Å². The van der Waals surface area contributed by atoms with Gasteiger partial charge in [0, 0.05) is 0 Å². The summed E-state index contributed by atoms with van der Waals surface area (Å²) >= 11 is 0. The first kappa shape index (κ1) is 11.9. The zero-order valence-electron chi connectivity index (χ0n) is 8.65. The maximum Gasteiger partial charge on any atom is 0.267 e. The number of rotatable bonds is 4. The molecular formula is C9H19NO3S. The van der Waals surface area contributed by atoms with Crippen molar-refractivity contribution in [3.63, 3.8) is 0 Å². The van der Waals surface area contributed by atoms with Gasteiger partial charge in [0.05, 0.1) is 5.25 Å². The maximum atomic E-state index is 10.7. The third-order valence-electron chi connectivity index (χ3n) is 2.81. The predicted molar refractivity (Wildman–Crippen MR) is 55.9 cm³/mol. The molecule has 0 aromatic rings. The molecule has 84 valence electrons. The highest BCUT2D eigenvalue weighted by Gasteiger charge is 2.18. The fourth-order valence-corrected chi connectivity index (χ4v) is 2.10. The molecule has 4 nitrogen and oxygen atoms in total. The van der Waals surface area contributed by atoms with Crippen LogP contribution in [0.5, 0.6) is 0 Å². The summed E-state index contributed by atoms with van der Waals surface area (Å²) in [5, 5.41) is -0.635. The van der Waals surface area contributed by atoms with Crippen LogP contribution in [0.25, 0.3) is 0 Å². The van der Waals surface area contributed by atoms with Crippen molar-refractivity contribution in [3.8, 4) is 0 Å². The summed E-state index contributed by atoms with van der Waals surface area (Å²) in [6, 6.07) is 0. The van der Waals surface area contributed by atoms with Gasteiger partial charge in [-0.25, -0.2) is 0 Å². The Balaban J connectivity index is 2.25. The molecule has 0 aliphatic carbocycles. The molecule has 1 aliphatic heterocycles. The standard InChI is InChI=1S/C9H19NO3S/c1-9(14(11,12)13)5-8-10-6-3-2-4-7-10/h9H,2-8H2,1H3,(H,11,12,13). The molecule has 0 spiro atoms. The molecular weight excluding hydrogens is 202 g/mol. The van der Waals surface area contributed by atoms with Crippen molar-refractivity contribution in [1.82, 2.24) is 4.90 Å². The van der Waals surface area contributed by atoms with Gasteiger partial charge in [-0.2, -0.15) is 8.42 Å². The third kappa shape index (κ3) is 3.94. The van der Waals surface area contributed by atoms with Crippen LogP contribution in [-0.2, 0) is 10.1 Å². The van der Waals surface area contributed by atoms with Crippen molar-refractivity contribution in [2.75, 3.05) is 19.6 Å². The minimum Gasteiger partial charge on any atom is -0.303 e. The van der Waals surface area contributed by atoms with Crippen LogP contribution in [0.3, 0.4) is 0 Å². The molecule has 1 fully saturated rings. The summed E-state index contributed by atoms with van der Waals surface area (Å²) in [5.41, 5.74) is 0. The Hall–Kier alpha value is -0.130. The summed E-state index contributed by atoms with van der Waals surface area (Å²) in [4.78, 5) is 2.27. The van der Waals surface area contributed by atoms with Gasteiger partial charge in [0.2, 0.25) is 0 Å². The van der Waals surface area contributed by atoms with E-state index in [0.29, 0.717) is 6.42 Å². The van der Waals surface area contributed by atoms with Crippen LogP contribution < -0.4 is 0 Å². The summed E-state index contributed by atoms with van der Waals surface area (Å²) in [5.74, 6) is 0. The van der Waals surface area contributed by atoms with E-state index in [1.807, 2.05) is 0 Å². The molecule has 1 aliphatic rings. The predicted octanol–water partition coefficient (Wildman–Crippen LogP) is 1.14. The van der Waals surface area contributed by atoms with E-state index < -0.39 is 15.4 Å². The number of nitrogens with zero attached hydrogens (tertiary/aromatic N) is 1. The van der Waals surface area contributed by atoms with Gasteiger partial charge in [-0.15, -0.1) is 0 Å². The van der Waals surface area contributed by atoms with Crippen molar-refractivity contribution >= 4 is 10.1 Å². The molecule has 0 amide bonds. The minimum absolute atomic E-state index is 0.527. The first-order chi connectivity index (χ1) is 6.50. The Morgan fingerprint density at radius 1 is 1.29 bits per heavy atom. The number of hydrogen-bond donors (Lipinski definition) is 1. The van der Waals surface area contributed by atoms with Gasteiger partial charge in [-0.1, -0.05) is 6.42 Å². The van der Waals surface area contributed by atoms with Gasteiger partial charge in [0.1, 0.15) is 0 Å². The van der Waals surface area contributed by atoms with Gasteiger partial charge in [-0.3, -0.25) is 4.55 Å². The number of hydrogen-bond acceptors (Lipinski definition) is 3. The average Bonchev–Trinajstić information content (AvgIpc) is 2.14. The van der Waals surface area contributed by atoms with Crippen LogP contribution in [0, 0.1) is 0 Å². The normalized spacial score (nSPS) is 22.1. The van der Waals surface area contributed by atoms with E-state index in [0.717, 1.165) is 19.6 Å². The lowest BCUT2D eigenvalue weighted by atomic mass is 10.1. The maximum absolute atomic E-state index is 10.7. The van der Waals surface area contributed by atoms with Crippen LogP contribution in [0.2, 0.25) is 0 Å². The largest absolute Gasteiger partial charge is 0.303 e. The second kappa shape index (κ2) is 5.09. The van der Waals surface area contributed by atoms with E-state index in [1.54, 1.807) is 6.92 Å². The van der Waals surface area contributed by atoms with Gasteiger partial charge in [-0.05, 0) is 45.8 Å². The second-order valence-electron chi connectivity index (χ2n) is 4.02. The molecule has 1 heterocycles. The summed E-state index contributed by atoms with van der Waals surface area (Å²) in [6.45, 7) is 4.47. The Morgan fingerprint density at radius 2 is 1.86 bits per heavy atom. The van der Waals surface area contributed by atoms with Crippen molar-refractivity contribution in [3.05, 3.63) is 0 Å². The lowest BCUT2D eigenvalue weighted by Gasteiger charge is -2.26. The quantitative estimate of drug-likeness (QED) is 0.723. The van der Waals surface area contributed by atoms with E-state index in [-0.39, 0.29) is 0 Å². The molecule has 1 unspecified atom stereocenters. The second-order valence-corrected chi connectivity index (χ2v) is 5.85. The van der Waals surface area contributed by atoms with E-state index in [9.17, 15) is 8.42 Å². The lowest BCUT2D eigenvalue weighted by molar-refractivity contribution is 0.225. The fraction of sp³-hybridized carbons (Fsp3) is 1.00. The van der Waals surface area contributed by atoms with Gasteiger partial charge in [0.25, 0.3) is 10.1 Å². The van der Waals surface area contributed by atoms with Crippen LogP contribution >= 0.6 is 0 Å². The highest BCUT2D eigenvalue weighted by molar-refractivity contribution is 7.86. The zero-order valence-corrected chi connectivity index (χ0v) is 9.46. The summed E-state index contributed by atoms with van der Waals surface area (Å²) in [7, 11) is -3.83. The van der Waals surface area contributed by atoms with E-state index in [4.69, 9.17) is 4.55 Å². The number of likely N-dealkylation sites (tertiary alicyclic amines) is 1. The molecule has 0 saturated carbocycles. The Morgan fingerprint density at radius 3 is 2.36 bits per heavy atom. The molecule has 0 aromatic carbocycles. The highest BCUT2D eigenvalue weighted by atomic mass is 32.2. The van der Waals surface area contributed by atoms with Gasteiger partial charge >= 0.3 is 0 Å². The SMILES string of the molecule is CC(CCN1CCCCC1)S(=O)(=O)O. The first-order valence-corrected chi connectivity index (χ1v) is 6.69. The monoisotopic (exact) mass is 221 g/mol. The molecule has 0 bridgehead atoms. The van der Waals surface area contributed by atoms with E-state index in [2.05, 4.69) is 4.90 Å². The molecule has 1 rings (SSSR count). The van der Waals surface area contributed by atoms with Crippen LogP contribution in [0.15, 0.2) is 0 Å². The minimum atomic E-state index is -3.83. The smallest absolute Gasteiger partial charge is 0.267 e. The molecule has 14 heavy (non-hydrogen) atoms. The average molecular weight is 221 g/mol. The van der Waals surface area contributed by atoms with Gasteiger partial charge in [0.15, 0.2) is 0 Å². The lowest BCUT2D eigenvalue weighted by Crippen LogP contribution is -2.33. The number of piperidine rings is 1. The molecule has 5 heteroatoms. The topological polar surface area (TPSA) is 57.6 Å². The zero-order chi connectivity index (χ0) is 10.6. The molecule has 1 N–H and O–H groups in total. The fourth-order valence-electron chi connectivity index (χ4n) is 1.70. The highest BCUT2D eigenvalue weighted by Crippen LogP contribution is 2.11. The Kier molecular flexibility index (Phi) is 4.34. The van der Waals surface area contributed by atoms with E-state index in [1.165, 1.54) is 19.3 Å². The van der Waals surface area contributed by atoms with Crippen molar-refractivity contribution in [2.24, 2.45) is 0 Å². The molecule has 0 radical (unpaired) electrons. The van der Waals surface area contributed by atoms with Crippen LogP contribution in [-0.4, -0.2) is 42.8 Å². The summed E-state index contributed by atoms with van der Waals surface area (Å²) < 4.78 is 30.3. The van der Waals surface area contributed by atoms with E-state index >= 15 is 0 Å². The molecule has 1 saturated heterocycles. The van der Waals surface area contributed by atoms with Crippen LogP contribution in [0.4, 0.5) is 0 Å². The van der Waals surface area contributed by atoms with Crippen molar-refractivity contribution in [1.29, 1.82) is 0 Å². The van der Waals surface area contributed by atoms with Crippen molar-refractivity contribution in [2.45, 2.75) is 37.9 Å².